The molecule has 0 radical (unpaired) electrons. The summed E-state index contributed by atoms with van der Waals surface area (Å²) in [6.45, 7) is 0. The number of hydrogen-bond acceptors (Lipinski definition) is 5. The number of alkyl halides is 3. The van der Waals surface area contributed by atoms with Crippen LogP contribution in [0, 0.1) is 0 Å². The molecule has 1 aromatic carbocycles. The van der Waals surface area contributed by atoms with Gasteiger partial charge < -0.3 is 13.7 Å². The van der Waals surface area contributed by atoms with E-state index in [1.165, 1.54) is 6.07 Å². The Bertz CT molecular complexity index is 570. The van der Waals surface area contributed by atoms with Crippen LogP contribution in [-0.2, 0) is 10.1 Å². The zero-order valence-corrected chi connectivity index (χ0v) is 11.2. The molecule has 108 valence electrons. The Balaban J connectivity index is 3.39. The van der Waals surface area contributed by atoms with E-state index in [1.54, 1.807) is 0 Å². The molecule has 0 unspecified atom stereocenters. The van der Waals surface area contributed by atoms with Crippen molar-refractivity contribution in [3.8, 4) is 17.2 Å². The van der Waals surface area contributed by atoms with Crippen molar-refractivity contribution in [3.05, 3.63) is 17.2 Å². The van der Waals surface area contributed by atoms with Crippen molar-refractivity contribution >= 4 is 21.7 Å². The fourth-order valence-electron chi connectivity index (χ4n) is 1.11. The zero-order valence-electron chi connectivity index (χ0n) is 9.62. The summed E-state index contributed by atoms with van der Waals surface area (Å²) in [6.07, 6.45) is 0. The normalized spacial score (nSPS) is 12.1. The fraction of sp³-hybridized carbons (Fsp3) is 0.333. The van der Waals surface area contributed by atoms with Crippen molar-refractivity contribution in [1.82, 2.24) is 0 Å². The molecular weight excluding hydrogens is 313 g/mol. The maximum absolute atomic E-state index is 12.3. The van der Waals surface area contributed by atoms with E-state index in [4.69, 9.17) is 21.1 Å². The van der Waals surface area contributed by atoms with Crippen molar-refractivity contribution in [2.45, 2.75) is 5.51 Å². The molecule has 0 amide bonds. The molecule has 0 atom stereocenters. The molecule has 0 bridgehead atoms. The third-order valence-corrected chi connectivity index (χ3v) is 3.18. The van der Waals surface area contributed by atoms with Gasteiger partial charge >= 0.3 is 15.6 Å². The SMILES string of the molecule is COc1ccc(Cl)c(OC)c1OS(=O)(=O)C(F)(F)F. The van der Waals surface area contributed by atoms with E-state index in [-0.39, 0.29) is 16.5 Å². The number of halogens is 4. The molecule has 0 saturated carbocycles. The first kappa shape index (κ1) is 15.7. The topological polar surface area (TPSA) is 61.8 Å². The number of benzene rings is 1. The molecule has 1 rings (SSSR count). The second-order valence-corrected chi connectivity index (χ2v) is 5.04. The molecule has 0 saturated heterocycles. The highest BCUT2D eigenvalue weighted by Gasteiger charge is 2.49. The second-order valence-electron chi connectivity index (χ2n) is 3.10. The van der Waals surface area contributed by atoms with Crippen molar-refractivity contribution < 1.29 is 35.2 Å². The van der Waals surface area contributed by atoms with Crippen LogP contribution in [0.1, 0.15) is 0 Å². The van der Waals surface area contributed by atoms with Gasteiger partial charge in [-0.3, -0.25) is 0 Å². The first-order valence-electron chi connectivity index (χ1n) is 4.55. The standard InChI is InChI=1S/C9H8ClF3O5S/c1-16-6-4-3-5(10)7(17-2)8(6)18-19(14,15)9(11,12)13/h3-4H,1-2H3. The first-order valence-corrected chi connectivity index (χ1v) is 6.34. The minimum Gasteiger partial charge on any atom is -0.493 e. The highest BCUT2D eigenvalue weighted by Crippen LogP contribution is 2.44. The number of hydrogen-bond donors (Lipinski definition) is 0. The van der Waals surface area contributed by atoms with Crippen LogP contribution in [0.5, 0.6) is 17.2 Å². The predicted octanol–water partition coefficient (Wildman–Crippen LogP) is 2.59. The van der Waals surface area contributed by atoms with Crippen LogP contribution in [0.15, 0.2) is 12.1 Å². The maximum Gasteiger partial charge on any atom is 0.534 e. The lowest BCUT2D eigenvalue weighted by atomic mass is 10.3. The van der Waals surface area contributed by atoms with Gasteiger partial charge in [-0.2, -0.15) is 21.6 Å². The molecule has 0 aliphatic carbocycles. The molecule has 0 aliphatic heterocycles. The quantitative estimate of drug-likeness (QED) is 0.630. The van der Waals surface area contributed by atoms with Gasteiger partial charge in [0, 0.05) is 0 Å². The van der Waals surface area contributed by atoms with Gasteiger partial charge in [0.15, 0.2) is 11.5 Å². The van der Waals surface area contributed by atoms with Crippen LogP contribution in [0.25, 0.3) is 0 Å². The molecule has 0 fully saturated rings. The summed E-state index contributed by atoms with van der Waals surface area (Å²) in [5, 5.41) is -0.129. The van der Waals surface area contributed by atoms with Gasteiger partial charge in [-0.15, -0.1) is 0 Å². The van der Waals surface area contributed by atoms with Crippen LogP contribution in [0.4, 0.5) is 13.2 Å². The molecule has 10 heteroatoms. The lowest BCUT2D eigenvalue weighted by Gasteiger charge is -2.15. The molecule has 1 aromatic rings. The Labute approximate surface area is 112 Å². The van der Waals surface area contributed by atoms with E-state index in [0.717, 1.165) is 20.3 Å². The maximum atomic E-state index is 12.3. The number of rotatable bonds is 4. The smallest absolute Gasteiger partial charge is 0.493 e. The third-order valence-electron chi connectivity index (χ3n) is 1.93. The van der Waals surface area contributed by atoms with E-state index in [1.807, 2.05) is 0 Å². The summed E-state index contributed by atoms with van der Waals surface area (Å²) in [5.41, 5.74) is -5.58. The summed E-state index contributed by atoms with van der Waals surface area (Å²) >= 11 is 5.66. The lowest BCUT2D eigenvalue weighted by Crippen LogP contribution is -2.28. The van der Waals surface area contributed by atoms with Crippen LogP contribution in [0.3, 0.4) is 0 Å². The first-order chi connectivity index (χ1) is 8.64. The zero-order chi connectivity index (χ0) is 14.8. The van der Waals surface area contributed by atoms with Gasteiger partial charge in [0.05, 0.1) is 19.2 Å². The van der Waals surface area contributed by atoms with E-state index in [9.17, 15) is 21.6 Å². The fourth-order valence-corrected chi connectivity index (χ4v) is 1.81. The Morgan fingerprint density at radius 2 is 1.68 bits per heavy atom. The van der Waals surface area contributed by atoms with E-state index < -0.39 is 21.4 Å². The molecular formula is C9H8ClF3O5S. The Morgan fingerprint density at radius 1 is 1.11 bits per heavy atom. The highest BCUT2D eigenvalue weighted by atomic mass is 35.5. The average Bonchev–Trinajstić information content (AvgIpc) is 2.28. The van der Waals surface area contributed by atoms with Gasteiger partial charge in [0.25, 0.3) is 0 Å². The molecule has 0 heterocycles. The molecule has 0 aromatic heterocycles. The van der Waals surface area contributed by atoms with Gasteiger partial charge in [0.1, 0.15) is 0 Å². The summed E-state index contributed by atoms with van der Waals surface area (Å²) < 4.78 is 72.1. The highest BCUT2D eigenvalue weighted by molar-refractivity contribution is 7.88. The second kappa shape index (κ2) is 5.33. The van der Waals surface area contributed by atoms with Crippen LogP contribution in [0.2, 0.25) is 5.02 Å². The van der Waals surface area contributed by atoms with Gasteiger partial charge in [-0.25, -0.2) is 0 Å². The Hall–Kier alpha value is -1.35. The van der Waals surface area contributed by atoms with E-state index in [0.29, 0.717) is 0 Å². The summed E-state index contributed by atoms with van der Waals surface area (Å²) in [4.78, 5) is 0. The Morgan fingerprint density at radius 3 is 2.11 bits per heavy atom. The Kier molecular flexibility index (Phi) is 4.41. The van der Waals surface area contributed by atoms with Gasteiger partial charge in [-0.1, -0.05) is 11.6 Å². The molecule has 0 spiro atoms. The van der Waals surface area contributed by atoms with Gasteiger partial charge in [-0.05, 0) is 12.1 Å². The minimum atomic E-state index is -5.85. The predicted molar refractivity (Wildman–Crippen MR) is 60.2 cm³/mol. The molecule has 0 aliphatic rings. The van der Waals surface area contributed by atoms with Crippen LogP contribution < -0.4 is 13.7 Å². The number of ether oxygens (including phenoxy) is 2. The van der Waals surface area contributed by atoms with Crippen LogP contribution >= 0.6 is 11.6 Å². The van der Waals surface area contributed by atoms with E-state index >= 15 is 0 Å². The molecule has 5 nitrogen and oxygen atoms in total. The lowest BCUT2D eigenvalue weighted by molar-refractivity contribution is -0.0501. The van der Waals surface area contributed by atoms with Gasteiger partial charge in [0.2, 0.25) is 5.75 Å². The summed E-state index contributed by atoms with van der Waals surface area (Å²) in [5.74, 6) is -1.42. The number of methoxy groups -OCH3 is 2. The average molecular weight is 321 g/mol. The molecule has 19 heavy (non-hydrogen) atoms. The van der Waals surface area contributed by atoms with Crippen LogP contribution in [-0.4, -0.2) is 28.1 Å². The largest absolute Gasteiger partial charge is 0.534 e. The van der Waals surface area contributed by atoms with Crippen molar-refractivity contribution in [1.29, 1.82) is 0 Å². The minimum absolute atomic E-state index is 0.129. The summed E-state index contributed by atoms with van der Waals surface area (Å²) in [7, 11) is -3.64. The monoisotopic (exact) mass is 320 g/mol. The van der Waals surface area contributed by atoms with E-state index in [2.05, 4.69) is 4.18 Å². The van der Waals surface area contributed by atoms with Crippen molar-refractivity contribution in [2.24, 2.45) is 0 Å². The van der Waals surface area contributed by atoms with Crippen molar-refractivity contribution in [3.63, 3.8) is 0 Å². The third kappa shape index (κ3) is 3.16. The van der Waals surface area contributed by atoms with Crippen molar-refractivity contribution in [2.75, 3.05) is 14.2 Å². The summed E-state index contributed by atoms with van der Waals surface area (Å²) in [6, 6.07) is 2.40. The molecule has 0 N–H and O–H groups in total.